The van der Waals surface area contributed by atoms with E-state index in [9.17, 15) is 0 Å². The second kappa shape index (κ2) is 7.51. The van der Waals surface area contributed by atoms with E-state index in [2.05, 4.69) is 34.1 Å². The maximum atomic E-state index is 6.00. The van der Waals surface area contributed by atoms with Crippen LogP contribution < -0.4 is 9.64 Å². The molecule has 2 aromatic rings. The summed E-state index contributed by atoms with van der Waals surface area (Å²) in [6, 6.07) is 16.6. The molecule has 0 unspecified atom stereocenters. The molecule has 0 atom stereocenters. The summed E-state index contributed by atoms with van der Waals surface area (Å²) in [4.78, 5) is 4.85. The molecule has 2 aliphatic heterocycles. The van der Waals surface area contributed by atoms with Crippen LogP contribution in [-0.4, -0.2) is 31.1 Å². The number of likely N-dealkylation sites (tertiary alicyclic amines) is 1. The Hall–Kier alpha value is -1.97. The molecule has 1 saturated heterocycles. The van der Waals surface area contributed by atoms with Gasteiger partial charge in [0.25, 0.3) is 0 Å². The molecule has 0 N–H and O–H groups in total. The first kappa shape index (κ1) is 16.5. The zero-order valence-electron chi connectivity index (χ0n) is 14.3. The lowest BCUT2D eigenvalue weighted by molar-refractivity contribution is 0.217. The van der Waals surface area contributed by atoms with Crippen molar-refractivity contribution in [2.24, 2.45) is 0 Å². The van der Waals surface area contributed by atoms with Gasteiger partial charge in [-0.15, -0.1) is 0 Å². The number of ether oxygens (including phenoxy) is 1. The van der Waals surface area contributed by atoms with E-state index in [-0.39, 0.29) is 0 Å². The zero-order chi connectivity index (χ0) is 17.1. The second-order valence-electron chi connectivity index (χ2n) is 6.73. The largest absolute Gasteiger partial charge is 0.461 e. The van der Waals surface area contributed by atoms with Crippen LogP contribution in [0.2, 0.25) is 5.02 Å². The molecule has 3 nitrogen and oxygen atoms in total. The SMILES string of the molecule is Clc1ccc(C2CCN(CCN3C=COc4ccccc43)CC2)cc1. The third-order valence-electron chi connectivity index (χ3n) is 5.20. The average Bonchev–Trinajstić information content (AvgIpc) is 2.67. The van der Waals surface area contributed by atoms with Crippen LogP contribution >= 0.6 is 11.6 Å². The first-order valence-corrected chi connectivity index (χ1v) is 9.34. The van der Waals surface area contributed by atoms with Gasteiger partial charge < -0.3 is 14.5 Å². The first-order chi connectivity index (χ1) is 12.3. The Kier molecular flexibility index (Phi) is 4.95. The third-order valence-corrected chi connectivity index (χ3v) is 5.45. The molecular weight excluding hydrogens is 332 g/mol. The molecule has 0 radical (unpaired) electrons. The van der Waals surface area contributed by atoms with Gasteiger partial charge in [0.1, 0.15) is 12.0 Å². The van der Waals surface area contributed by atoms with E-state index in [4.69, 9.17) is 16.3 Å². The number of fused-ring (bicyclic) bond motifs is 1. The Morgan fingerprint density at radius 2 is 1.72 bits per heavy atom. The third kappa shape index (κ3) is 3.83. The molecule has 0 aromatic heterocycles. The van der Waals surface area contributed by atoms with Crippen molar-refractivity contribution < 1.29 is 4.74 Å². The fraction of sp³-hybridized carbons (Fsp3) is 0.333. The summed E-state index contributed by atoms with van der Waals surface area (Å²) in [5, 5.41) is 0.819. The summed E-state index contributed by atoms with van der Waals surface area (Å²) in [6.45, 7) is 4.38. The lowest BCUT2D eigenvalue weighted by Crippen LogP contribution is -2.38. The van der Waals surface area contributed by atoms with Gasteiger partial charge >= 0.3 is 0 Å². The van der Waals surface area contributed by atoms with Gasteiger partial charge in [-0.05, 0) is 61.7 Å². The maximum Gasteiger partial charge on any atom is 0.150 e. The van der Waals surface area contributed by atoms with Crippen LogP contribution in [0.5, 0.6) is 5.75 Å². The number of hydrogen-bond donors (Lipinski definition) is 0. The highest BCUT2D eigenvalue weighted by molar-refractivity contribution is 6.30. The monoisotopic (exact) mass is 354 g/mol. The molecule has 0 aliphatic carbocycles. The highest BCUT2D eigenvalue weighted by atomic mass is 35.5. The molecule has 130 valence electrons. The topological polar surface area (TPSA) is 15.7 Å². The van der Waals surface area contributed by atoms with E-state index in [1.807, 2.05) is 30.5 Å². The minimum Gasteiger partial charge on any atom is -0.461 e. The van der Waals surface area contributed by atoms with Crippen LogP contribution in [0.1, 0.15) is 24.3 Å². The van der Waals surface area contributed by atoms with Crippen molar-refractivity contribution in [1.82, 2.24) is 4.90 Å². The van der Waals surface area contributed by atoms with Crippen molar-refractivity contribution in [2.45, 2.75) is 18.8 Å². The molecule has 4 rings (SSSR count). The predicted octanol–water partition coefficient (Wildman–Crippen LogP) is 4.89. The lowest BCUT2D eigenvalue weighted by Gasteiger charge is -2.34. The molecule has 25 heavy (non-hydrogen) atoms. The number of halogens is 1. The van der Waals surface area contributed by atoms with E-state index < -0.39 is 0 Å². The summed E-state index contributed by atoms with van der Waals surface area (Å²) in [5.41, 5.74) is 2.58. The number of rotatable bonds is 4. The number of para-hydroxylation sites is 2. The summed E-state index contributed by atoms with van der Waals surface area (Å²) >= 11 is 6.00. The van der Waals surface area contributed by atoms with E-state index in [0.29, 0.717) is 5.92 Å². The number of anilines is 1. The molecule has 2 aliphatic rings. The normalized spacial score (nSPS) is 18.0. The fourth-order valence-electron chi connectivity index (χ4n) is 3.72. The van der Waals surface area contributed by atoms with Gasteiger partial charge in [-0.1, -0.05) is 35.9 Å². The number of nitrogens with zero attached hydrogens (tertiary/aromatic N) is 2. The Balaban J connectivity index is 1.30. The number of benzene rings is 2. The molecule has 1 fully saturated rings. The van der Waals surface area contributed by atoms with Crippen LogP contribution in [0, 0.1) is 0 Å². The quantitative estimate of drug-likeness (QED) is 0.777. The van der Waals surface area contributed by atoms with Crippen molar-refractivity contribution in [2.75, 3.05) is 31.1 Å². The highest BCUT2D eigenvalue weighted by Crippen LogP contribution is 2.32. The van der Waals surface area contributed by atoms with Gasteiger partial charge in [-0.2, -0.15) is 0 Å². The molecule has 2 heterocycles. The maximum absolute atomic E-state index is 6.00. The Bertz CT molecular complexity index is 736. The Labute approximate surface area is 154 Å². The van der Waals surface area contributed by atoms with E-state index >= 15 is 0 Å². The van der Waals surface area contributed by atoms with E-state index in [1.54, 1.807) is 6.26 Å². The smallest absolute Gasteiger partial charge is 0.150 e. The molecule has 0 amide bonds. The van der Waals surface area contributed by atoms with Gasteiger partial charge in [0.2, 0.25) is 0 Å². The lowest BCUT2D eigenvalue weighted by atomic mass is 9.89. The fourth-order valence-corrected chi connectivity index (χ4v) is 3.85. The van der Waals surface area contributed by atoms with Crippen LogP contribution in [0.4, 0.5) is 5.69 Å². The first-order valence-electron chi connectivity index (χ1n) is 8.96. The Morgan fingerprint density at radius 1 is 0.960 bits per heavy atom. The summed E-state index contributed by atoms with van der Waals surface area (Å²) < 4.78 is 5.57. The van der Waals surface area contributed by atoms with Crippen LogP contribution in [0.3, 0.4) is 0 Å². The summed E-state index contributed by atoms with van der Waals surface area (Å²) in [6.07, 6.45) is 6.24. The van der Waals surface area contributed by atoms with Gasteiger partial charge in [0.15, 0.2) is 0 Å². The van der Waals surface area contributed by atoms with Crippen molar-refractivity contribution in [3.05, 3.63) is 71.6 Å². The number of piperidine rings is 1. The average molecular weight is 355 g/mol. The van der Waals surface area contributed by atoms with E-state index in [1.165, 1.54) is 18.4 Å². The molecule has 2 aromatic carbocycles. The Morgan fingerprint density at radius 3 is 2.52 bits per heavy atom. The predicted molar refractivity (Wildman–Crippen MR) is 103 cm³/mol. The zero-order valence-corrected chi connectivity index (χ0v) is 15.0. The van der Waals surface area contributed by atoms with Gasteiger partial charge in [-0.25, -0.2) is 0 Å². The molecular formula is C21H23ClN2O. The highest BCUT2D eigenvalue weighted by Gasteiger charge is 2.21. The standard InChI is InChI=1S/C21H23ClN2O/c22-19-7-5-17(6-8-19)18-9-11-23(12-10-18)13-14-24-15-16-25-21-4-2-1-3-20(21)24/h1-8,15-16,18H,9-14H2. The van der Waals surface area contributed by atoms with Crippen molar-refractivity contribution >= 4 is 17.3 Å². The number of hydrogen-bond acceptors (Lipinski definition) is 3. The van der Waals surface area contributed by atoms with E-state index in [0.717, 1.165) is 42.6 Å². The van der Waals surface area contributed by atoms with Gasteiger partial charge in [0, 0.05) is 24.3 Å². The van der Waals surface area contributed by atoms with Gasteiger partial charge in [-0.3, -0.25) is 0 Å². The van der Waals surface area contributed by atoms with Crippen molar-refractivity contribution in [1.29, 1.82) is 0 Å². The summed E-state index contributed by atoms with van der Waals surface area (Å²) in [5.74, 6) is 1.60. The van der Waals surface area contributed by atoms with Crippen molar-refractivity contribution in [3.8, 4) is 5.75 Å². The van der Waals surface area contributed by atoms with Gasteiger partial charge in [0.05, 0.1) is 5.69 Å². The second-order valence-corrected chi connectivity index (χ2v) is 7.17. The molecule has 4 heteroatoms. The van der Waals surface area contributed by atoms with Crippen LogP contribution in [-0.2, 0) is 0 Å². The molecule has 0 saturated carbocycles. The molecule has 0 spiro atoms. The van der Waals surface area contributed by atoms with Crippen molar-refractivity contribution in [3.63, 3.8) is 0 Å². The van der Waals surface area contributed by atoms with Crippen LogP contribution in [0.15, 0.2) is 61.0 Å². The molecule has 0 bridgehead atoms. The summed E-state index contributed by atoms with van der Waals surface area (Å²) in [7, 11) is 0. The minimum absolute atomic E-state index is 0.664. The minimum atomic E-state index is 0.664. The van der Waals surface area contributed by atoms with Crippen LogP contribution in [0.25, 0.3) is 0 Å².